The fourth-order valence-electron chi connectivity index (χ4n) is 2.32. The van der Waals surface area contributed by atoms with Crippen molar-refractivity contribution in [2.24, 2.45) is 4.99 Å². The van der Waals surface area contributed by atoms with Crippen LogP contribution in [0.2, 0.25) is 0 Å². The lowest BCUT2D eigenvalue weighted by Crippen LogP contribution is -2.44. The van der Waals surface area contributed by atoms with Crippen molar-refractivity contribution in [3.63, 3.8) is 0 Å². The Hall–Kier alpha value is -1.87. The minimum atomic E-state index is -3.27. The number of nitrogens with zero attached hydrogens (tertiary/aromatic N) is 2. The van der Waals surface area contributed by atoms with E-state index in [-0.39, 0.29) is 24.2 Å². The van der Waals surface area contributed by atoms with Crippen LogP contribution in [-0.4, -0.2) is 63.8 Å². The van der Waals surface area contributed by atoms with Crippen LogP contribution in [0.3, 0.4) is 0 Å². The van der Waals surface area contributed by atoms with Crippen molar-refractivity contribution in [2.45, 2.75) is 26.9 Å². The molecular formula is C17H29FN4O3S. The molecule has 7 nitrogen and oxygen atoms in total. The van der Waals surface area contributed by atoms with Gasteiger partial charge in [-0.2, -0.15) is 0 Å². The molecule has 0 aromatic heterocycles. The van der Waals surface area contributed by atoms with Crippen LogP contribution in [-0.2, 0) is 10.0 Å². The molecule has 0 fully saturated rings. The molecule has 0 bridgehead atoms. The van der Waals surface area contributed by atoms with Gasteiger partial charge in [0.1, 0.15) is 17.7 Å². The average Bonchev–Trinajstić information content (AvgIpc) is 2.58. The van der Waals surface area contributed by atoms with Crippen LogP contribution in [0.25, 0.3) is 0 Å². The Morgan fingerprint density at radius 2 is 2.00 bits per heavy atom. The molecule has 0 aliphatic heterocycles. The van der Waals surface area contributed by atoms with Crippen molar-refractivity contribution >= 4 is 16.0 Å². The molecule has 1 unspecified atom stereocenters. The van der Waals surface area contributed by atoms with E-state index < -0.39 is 10.0 Å². The van der Waals surface area contributed by atoms with Crippen molar-refractivity contribution in [2.75, 3.05) is 39.0 Å². The number of aliphatic imine (C=N–C) groups is 1. The van der Waals surface area contributed by atoms with Gasteiger partial charge in [-0.05, 0) is 19.1 Å². The highest BCUT2D eigenvalue weighted by Crippen LogP contribution is 2.13. The summed E-state index contributed by atoms with van der Waals surface area (Å²) in [6.07, 6.45) is -0.227. The van der Waals surface area contributed by atoms with Gasteiger partial charge in [-0.3, -0.25) is 4.99 Å². The lowest BCUT2D eigenvalue weighted by molar-refractivity contribution is 0.223. The van der Waals surface area contributed by atoms with E-state index in [1.165, 1.54) is 16.4 Å². The zero-order valence-electron chi connectivity index (χ0n) is 15.8. The number of halogens is 1. The Labute approximate surface area is 155 Å². The molecular weight excluding hydrogens is 359 g/mol. The fraction of sp³-hybridized carbons (Fsp3) is 0.588. The molecule has 1 rings (SSSR count). The minimum Gasteiger partial charge on any atom is -0.489 e. The van der Waals surface area contributed by atoms with Crippen LogP contribution >= 0.6 is 0 Å². The SMILES string of the molecule is CCN(CC)S(=O)(=O)CCNC(=NC)NCC(C)Oc1cccc(F)c1. The first-order chi connectivity index (χ1) is 12.3. The molecule has 1 aromatic rings. The van der Waals surface area contributed by atoms with Crippen LogP contribution in [0.5, 0.6) is 5.75 Å². The smallest absolute Gasteiger partial charge is 0.215 e. The Morgan fingerprint density at radius 3 is 2.58 bits per heavy atom. The molecule has 0 saturated heterocycles. The molecule has 0 aliphatic rings. The molecule has 1 atom stereocenters. The first kappa shape index (κ1) is 22.2. The zero-order valence-corrected chi connectivity index (χ0v) is 16.6. The first-order valence-corrected chi connectivity index (χ1v) is 10.3. The number of hydrogen-bond acceptors (Lipinski definition) is 4. The highest BCUT2D eigenvalue weighted by Gasteiger charge is 2.18. The Morgan fingerprint density at radius 1 is 1.31 bits per heavy atom. The second kappa shape index (κ2) is 11.0. The third-order valence-electron chi connectivity index (χ3n) is 3.67. The van der Waals surface area contributed by atoms with Crippen molar-refractivity contribution in [1.29, 1.82) is 0 Å². The van der Waals surface area contributed by atoms with Gasteiger partial charge < -0.3 is 15.4 Å². The monoisotopic (exact) mass is 388 g/mol. The van der Waals surface area contributed by atoms with Crippen molar-refractivity contribution in [3.05, 3.63) is 30.1 Å². The maximum atomic E-state index is 13.2. The highest BCUT2D eigenvalue weighted by molar-refractivity contribution is 7.89. The van der Waals surface area contributed by atoms with Crippen molar-refractivity contribution < 1.29 is 17.5 Å². The zero-order chi connectivity index (χ0) is 19.6. The number of sulfonamides is 1. The van der Waals surface area contributed by atoms with Gasteiger partial charge in [-0.25, -0.2) is 17.1 Å². The van der Waals surface area contributed by atoms with E-state index >= 15 is 0 Å². The summed E-state index contributed by atoms with van der Waals surface area (Å²) in [5, 5.41) is 6.03. The molecule has 26 heavy (non-hydrogen) atoms. The summed E-state index contributed by atoms with van der Waals surface area (Å²) in [4.78, 5) is 4.06. The summed E-state index contributed by atoms with van der Waals surface area (Å²) in [6.45, 7) is 7.07. The summed E-state index contributed by atoms with van der Waals surface area (Å²) in [5.74, 6) is 0.571. The minimum absolute atomic E-state index is 0.00920. The van der Waals surface area contributed by atoms with E-state index in [1.54, 1.807) is 19.2 Å². The quantitative estimate of drug-likeness (QED) is 0.468. The van der Waals surface area contributed by atoms with Crippen molar-refractivity contribution in [3.8, 4) is 5.75 Å². The number of guanidine groups is 1. The molecule has 0 amide bonds. The summed E-state index contributed by atoms with van der Waals surface area (Å²) < 4.78 is 44.5. The molecule has 0 saturated carbocycles. The molecule has 0 aliphatic carbocycles. The van der Waals surface area contributed by atoms with Crippen LogP contribution in [0.15, 0.2) is 29.3 Å². The van der Waals surface area contributed by atoms with E-state index in [0.717, 1.165) is 0 Å². The van der Waals surface area contributed by atoms with Crippen LogP contribution in [0.4, 0.5) is 4.39 Å². The van der Waals surface area contributed by atoms with Crippen LogP contribution < -0.4 is 15.4 Å². The number of rotatable bonds is 10. The van der Waals surface area contributed by atoms with E-state index in [1.807, 2.05) is 20.8 Å². The lowest BCUT2D eigenvalue weighted by atomic mass is 10.3. The second-order valence-corrected chi connectivity index (χ2v) is 7.75. The molecule has 0 spiro atoms. The number of nitrogens with one attached hydrogen (secondary N) is 2. The lowest BCUT2D eigenvalue weighted by Gasteiger charge is -2.20. The van der Waals surface area contributed by atoms with Crippen LogP contribution in [0.1, 0.15) is 20.8 Å². The Balaban J connectivity index is 2.41. The second-order valence-electron chi connectivity index (χ2n) is 5.67. The van der Waals surface area contributed by atoms with E-state index in [4.69, 9.17) is 4.74 Å². The number of hydrogen-bond donors (Lipinski definition) is 2. The van der Waals surface area contributed by atoms with Gasteiger partial charge in [0.25, 0.3) is 0 Å². The van der Waals surface area contributed by atoms with Gasteiger partial charge in [0.05, 0.1) is 12.3 Å². The number of benzene rings is 1. The predicted octanol–water partition coefficient (Wildman–Crippen LogP) is 1.43. The summed E-state index contributed by atoms with van der Waals surface area (Å²) in [5.41, 5.74) is 0. The van der Waals surface area contributed by atoms with E-state index in [0.29, 0.717) is 31.3 Å². The van der Waals surface area contributed by atoms with Gasteiger partial charge in [0, 0.05) is 32.7 Å². The Kier molecular flexibility index (Phi) is 9.36. The summed E-state index contributed by atoms with van der Waals surface area (Å²) >= 11 is 0. The van der Waals surface area contributed by atoms with Gasteiger partial charge in [0.2, 0.25) is 10.0 Å². The molecule has 148 valence electrons. The average molecular weight is 389 g/mol. The Bertz CT molecular complexity index is 678. The van der Waals surface area contributed by atoms with Crippen LogP contribution in [0, 0.1) is 5.82 Å². The molecule has 0 radical (unpaired) electrons. The van der Waals surface area contributed by atoms with Crippen molar-refractivity contribution in [1.82, 2.24) is 14.9 Å². The number of ether oxygens (including phenoxy) is 1. The van der Waals surface area contributed by atoms with Gasteiger partial charge in [0.15, 0.2) is 5.96 Å². The third-order valence-corrected chi connectivity index (χ3v) is 5.69. The summed E-state index contributed by atoms with van der Waals surface area (Å²) in [7, 11) is -1.67. The molecule has 9 heteroatoms. The van der Waals surface area contributed by atoms with Gasteiger partial charge in [-0.15, -0.1) is 0 Å². The van der Waals surface area contributed by atoms with E-state index in [9.17, 15) is 12.8 Å². The van der Waals surface area contributed by atoms with Gasteiger partial charge in [-0.1, -0.05) is 19.9 Å². The topological polar surface area (TPSA) is 83.0 Å². The fourth-order valence-corrected chi connectivity index (χ4v) is 3.72. The highest BCUT2D eigenvalue weighted by atomic mass is 32.2. The predicted molar refractivity (Wildman–Crippen MR) is 103 cm³/mol. The standard InChI is InChI=1S/C17H29FN4O3S/c1-5-22(6-2)26(23,24)11-10-20-17(19-4)21-13-14(3)25-16-9-7-8-15(18)12-16/h7-9,12,14H,5-6,10-11,13H2,1-4H3,(H2,19,20,21). The normalized spacial score (nSPS) is 13.5. The first-order valence-electron chi connectivity index (χ1n) is 8.66. The maximum Gasteiger partial charge on any atom is 0.215 e. The molecule has 1 aromatic carbocycles. The molecule has 0 heterocycles. The largest absolute Gasteiger partial charge is 0.489 e. The summed E-state index contributed by atoms with van der Waals surface area (Å²) in [6, 6.07) is 5.95. The maximum absolute atomic E-state index is 13.2. The van der Waals surface area contributed by atoms with Gasteiger partial charge >= 0.3 is 0 Å². The molecule has 2 N–H and O–H groups in total. The third kappa shape index (κ3) is 7.57. The van der Waals surface area contributed by atoms with E-state index in [2.05, 4.69) is 15.6 Å².